The number of carbonyl (C=O) groups is 1. The first-order valence-corrected chi connectivity index (χ1v) is 7.15. The summed E-state index contributed by atoms with van der Waals surface area (Å²) >= 11 is 3.22. The summed E-state index contributed by atoms with van der Waals surface area (Å²) in [4.78, 5) is 16.5. The number of urea groups is 1. The Hall–Kier alpha value is -1.18. The molecule has 0 saturated carbocycles. The number of nitrogens with one attached hydrogen (secondary N) is 2. The van der Waals surface area contributed by atoms with Gasteiger partial charge >= 0.3 is 6.03 Å². The fourth-order valence-corrected chi connectivity index (χ4v) is 2.33. The Morgan fingerprint density at radius 3 is 3.10 bits per heavy atom. The Balaban J connectivity index is 1.65. The smallest absolute Gasteiger partial charge is 0.338 e. The van der Waals surface area contributed by atoms with Gasteiger partial charge in [-0.25, -0.2) is 14.7 Å². The van der Waals surface area contributed by atoms with Crippen molar-refractivity contribution in [2.24, 2.45) is 0 Å². The van der Waals surface area contributed by atoms with E-state index in [-0.39, 0.29) is 18.5 Å². The standard InChI is InChI=1S/C13H16BrFN2O3/c14-12-6-10(15)4-3-9(12)8-20-17-13(18)16-7-11-2-1-5-19-11/h3-4,6,11H,1-2,5,7-8H2,(H2,16,17,18). The quantitative estimate of drug-likeness (QED) is 0.805. The molecule has 20 heavy (non-hydrogen) atoms. The Kier molecular flexibility index (Phi) is 5.75. The van der Waals surface area contributed by atoms with Gasteiger partial charge in [0.05, 0.1) is 6.10 Å². The number of halogens is 2. The number of hydrogen-bond donors (Lipinski definition) is 2. The number of amides is 2. The van der Waals surface area contributed by atoms with Crippen LogP contribution >= 0.6 is 15.9 Å². The molecule has 0 aliphatic carbocycles. The van der Waals surface area contributed by atoms with Gasteiger partial charge in [0.25, 0.3) is 0 Å². The van der Waals surface area contributed by atoms with E-state index in [9.17, 15) is 9.18 Å². The Morgan fingerprint density at radius 1 is 1.55 bits per heavy atom. The third-order valence-electron chi connectivity index (χ3n) is 2.92. The molecule has 110 valence electrons. The molecular weight excluding hydrogens is 331 g/mol. The largest absolute Gasteiger partial charge is 0.376 e. The Morgan fingerprint density at radius 2 is 2.40 bits per heavy atom. The molecule has 7 heteroatoms. The minimum atomic E-state index is -0.418. The van der Waals surface area contributed by atoms with Gasteiger partial charge in [-0.2, -0.15) is 0 Å². The van der Waals surface area contributed by atoms with Gasteiger partial charge in [-0.05, 0) is 30.5 Å². The molecule has 2 rings (SSSR count). The highest BCUT2D eigenvalue weighted by Gasteiger charge is 2.16. The molecule has 1 unspecified atom stereocenters. The van der Waals surface area contributed by atoms with Crippen molar-refractivity contribution in [3.05, 3.63) is 34.1 Å². The number of hydrogen-bond acceptors (Lipinski definition) is 3. The molecule has 2 amide bonds. The highest BCUT2D eigenvalue weighted by atomic mass is 79.9. The van der Waals surface area contributed by atoms with Crippen molar-refractivity contribution in [1.29, 1.82) is 0 Å². The van der Waals surface area contributed by atoms with Gasteiger partial charge in [-0.1, -0.05) is 22.0 Å². The maximum Gasteiger partial charge on any atom is 0.338 e. The zero-order valence-corrected chi connectivity index (χ0v) is 12.4. The number of hydroxylamine groups is 1. The molecule has 1 atom stereocenters. The van der Waals surface area contributed by atoms with E-state index in [0.29, 0.717) is 11.0 Å². The summed E-state index contributed by atoms with van der Waals surface area (Å²) in [5.41, 5.74) is 3.02. The summed E-state index contributed by atoms with van der Waals surface area (Å²) in [6.07, 6.45) is 2.08. The first kappa shape index (κ1) is 15.2. The molecule has 0 aromatic heterocycles. The molecule has 2 N–H and O–H groups in total. The van der Waals surface area contributed by atoms with E-state index in [0.717, 1.165) is 25.0 Å². The summed E-state index contributed by atoms with van der Waals surface area (Å²) in [6.45, 7) is 1.37. The van der Waals surface area contributed by atoms with Gasteiger partial charge in [0.15, 0.2) is 0 Å². The van der Waals surface area contributed by atoms with Crippen molar-refractivity contribution in [2.75, 3.05) is 13.2 Å². The molecule has 0 spiro atoms. The summed E-state index contributed by atoms with van der Waals surface area (Å²) < 4.78 is 18.9. The third kappa shape index (κ3) is 4.73. The van der Waals surface area contributed by atoms with Gasteiger partial charge in [0.2, 0.25) is 0 Å². The lowest BCUT2D eigenvalue weighted by Gasteiger charge is -2.12. The zero-order valence-electron chi connectivity index (χ0n) is 10.8. The van der Waals surface area contributed by atoms with Gasteiger partial charge in [0, 0.05) is 17.6 Å². The second-order valence-electron chi connectivity index (χ2n) is 4.47. The monoisotopic (exact) mass is 346 g/mol. The number of carbonyl (C=O) groups excluding carboxylic acids is 1. The zero-order chi connectivity index (χ0) is 14.4. The van der Waals surface area contributed by atoms with Crippen LogP contribution in [0.4, 0.5) is 9.18 Å². The van der Waals surface area contributed by atoms with E-state index in [4.69, 9.17) is 9.57 Å². The topological polar surface area (TPSA) is 59.6 Å². The Bertz CT molecular complexity index is 467. The molecule has 1 aromatic carbocycles. The van der Waals surface area contributed by atoms with Crippen LogP contribution in [-0.4, -0.2) is 25.3 Å². The molecular formula is C13H16BrFN2O3. The summed E-state index contributed by atoms with van der Waals surface area (Å²) in [5, 5.41) is 2.66. The van der Waals surface area contributed by atoms with E-state index in [1.165, 1.54) is 12.1 Å². The maximum atomic E-state index is 12.9. The van der Waals surface area contributed by atoms with E-state index in [2.05, 4.69) is 26.7 Å². The van der Waals surface area contributed by atoms with Gasteiger partial charge in [-0.15, -0.1) is 0 Å². The molecule has 5 nitrogen and oxygen atoms in total. The van der Waals surface area contributed by atoms with Crippen molar-refractivity contribution < 1.29 is 18.8 Å². The van der Waals surface area contributed by atoms with E-state index >= 15 is 0 Å². The van der Waals surface area contributed by atoms with Crippen LogP contribution in [0.15, 0.2) is 22.7 Å². The van der Waals surface area contributed by atoms with Crippen molar-refractivity contribution in [3.8, 4) is 0 Å². The molecule has 0 radical (unpaired) electrons. The summed E-state index contributed by atoms with van der Waals surface area (Å²) in [5.74, 6) is -0.331. The van der Waals surface area contributed by atoms with Crippen LogP contribution in [-0.2, 0) is 16.2 Å². The first-order chi connectivity index (χ1) is 9.65. The fourth-order valence-electron chi connectivity index (χ4n) is 1.87. The molecule has 1 aliphatic heterocycles. The third-order valence-corrected chi connectivity index (χ3v) is 3.66. The Labute approximate surface area is 124 Å². The summed E-state index contributed by atoms with van der Waals surface area (Å²) in [7, 11) is 0. The van der Waals surface area contributed by atoms with Crippen LogP contribution in [0.2, 0.25) is 0 Å². The summed E-state index contributed by atoms with van der Waals surface area (Å²) in [6, 6.07) is 3.85. The molecule has 1 fully saturated rings. The van der Waals surface area contributed by atoms with Crippen LogP contribution in [0, 0.1) is 5.82 Å². The molecule has 0 bridgehead atoms. The van der Waals surface area contributed by atoms with Crippen LogP contribution in [0.1, 0.15) is 18.4 Å². The van der Waals surface area contributed by atoms with Crippen molar-refractivity contribution in [3.63, 3.8) is 0 Å². The lowest BCUT2D eigenvalue weighted by atomic mass is 10.2. The van der Waals surface area contributed by atoms with Crippen LogP contribution in [0.25, 0.3) is 0 Å². The lowest BCUT2D eigenvalue weighted by Crippen LogP contribution is -2.39. The van der Waals surface area contributed by atoms with E-state index in [1.807, 2.05) is 0 Å². The molecule has 1 aliphatic rings. The minimum absolute atomic E-state index is 0.0898. The highest BCUT2D eigenvalue weighted by molar-refractivity contribution is 9.10. The van der Waals surface area contributed by atoms with Gasteiger partial charge in [-0.3, -0.25) is 4.84 Å². The molecule has 1 saturated heterocycles. The normalized spacial score (nSPS) is 18.0. The van der Waals surface area contributed by atoms with Crippen molar-refractivity contribution in [2.45, 2.75) is 25.6 Å². The minimum Gasteiger partial charge on any atom is -0.376 e. The predicted octanol–water partition coefficient (Wildman–Crippen LogP) is 2.50. The molecule has 1 aromatic rings. The van der Waals surface area contributed by atoms with Crippen LogP contribution in [0.3, 0.4) is 0 Å². The maximum absolute atomic E-state index is 12.9. The van der Waals surface area contributed by atoms with E-state index < -0.39 is 6.03 Å². The van der Waals surface area contributed by atoms with Crippen LogP contribution in [0.5, 0.6) is 0 Å². The number of rotatable bonds is 5. The number of benzene rings is 1. The average Bonchev–Trinajstić information content (AvgIpc) is 2.92. The fraction of sp³-hybridized carbons (Fsp3) is 0.462. The molecule has 1 heterocycles. The average molecular weight is 347 g/mol. The second kappa shape index (κ2) is 7.56. The predicted molar refractivity (Wildman–Crippen MR) is 74.4 cm³/mol. The van der Waals surface area contributed by atoms with Crippen molar-refractivity contribution >= 4 is 22.0 Å². The van der Waals surface area contributed by atoms with Gasteiger partial charge < -0.3 is 10.1 Å². The van der Waals surface area contributed by atoms with Gasteiger partial charge in [0.1, 0.15) is 12.4 Å². The first-order valence-electron chi connectivity index (χ1n) is 6.36. The number of ether oxygens (including phenoxy) is 1. The van der Waals surface area contributed by atoms with Crippen molar-refractivity contribution in [1.82, 2.24) is 10.8 Å². The highest BCUT2D eigenvalue weighted by Crippen LogP contribution is 2.18. The van der Waals surface area contributed by atoms with E-state index in [1.54, 1.807) is 6.07 Å². The van der Waals surface area contributed by atoms with Crippen LogP contribution < -0.4 is 10.8 Å². The lowest BCUT2D eigenvalue weighted by molar-refractivity contribution is 0.0464. The second-order valence-corrected chi connectivity index (χ2v) is 5.33. The SMILES string of the molecule is O=C(NCC1CCCO1)NOCc1ccc(F)cc1Br.